The average molecular weight is 272 g/mol. The standard InChI is InChI=1S/C13H22ClN3O/c1-4-7-17-13(10(14)8-16-17)12(15-3)11-6-5-9(2)18-11/h8-9,11-12,15H,4-7H2,1-3H3. The second kappa shape index (κ2) is 6.04. The van der Waals surface area contributed by atoms with Gasteiger partial charge in [-0.25, -0.2) is 0 Å². The lowest BCUT2D eigenvalue weighted by Gasteiger charge is -2.24. The fraction of sp³-hybridized carbons (Fsp3) is 0.769. The number of likely N-dealkylation sites (N-methyl/N-ethyl adjacent to an activating group) is 1. The number of aromatic nitrogens is 2. The van der Waals surface area contributed by atoms with Crippen LogP contribution in [0.1, 0.15) is 44.8 Å². The molecule has 1 fully saturated rings. The van der Waals surface area contributed by atoms with Crippen LogP contribution in [-0.2, 0) is 11.3 Å². The quantitative estimate of drug-likeness (QED) is 0.895. The third kappa shape index (κ3) is 2.71. The van der Waals surface area contributed by atoms with Gasteiger partial charge >= 0.3 is 0 Å². The third-order valence-corrected chi connectivity index (χ3v) is 3.80. The second-order valence-electron chi connectivity index (χ2n) is 4.93. The Balaban J connectivity index is 2.23. The number of ether oxygens (including phenoxy) is 1. The van der Waals surface area contributed by atoms with E-state index in [1.807, 2.05) is 11.7 Å². The number of rotatable bonds is 5. The highest BCUT2D eigenvalue weighted by Crippen LogP contribution is 2.33. The molecule has 0 amide bonds. The average Bonchev–Trinajstić information content (AvgIpc) is 2.91. The molecule has 1 aromatic heterocycles. The Labute approximate surface area is 114 Å². The lowest BCUT2D eigenvalue weighted by Crippen LogP contribution is -2.32. The number of hydrogen-bond acceptors (Lipinski definition) is 3. The first-order valence-electron chi connectivity index (χ1n) is 6.71. The minimum absolute atomic E-state index is 0.122. The normalized spacial score (nSPS) is 25.6. The highest BCUT2D eigenvalue weighted by molar-refractivity contribution is 6.31. The Morgan fingerprint density at radius 1 is 1.61 bits per heavy atom. The summed E-state index contributed by atoms with van der Waals surface area (Å²) in [4.78, 5) is 0. The van der Waals surface area contributed by atoms with E-state index >= 15 is 0 Å². The summed E-state index contributed by atoms with van der Waals surface area (Å²) in [6.07, 6.45) is 5.49. The first kappa shape index (κ1) is 13.8. The summed E-state index contributed by atoms with van der Waals surface area (Å²) in [5.41, 5.74) is 1.06. The third-order valence-electron chi connectivity index (χ3n) is 3.51. The maximum atomic E-state index is 6.29. The largest absolute Gasteiger partial charge is 0.373 e. The van der Waals surface area contributed by atoms with Gasteiger partial charge < -0.3 is 10.1 Å². The smallest absolute Gasteiger partial charge is 0.0835 e. The lowest BCUT2D eigenvalue weighted by atomic mass is 10.0. The van der Waals surface area contributed by atoms with E-state index in [2.05, 4.69) is 24.3 Å². The zero-order valence-corrected chi connectivity index (χ0v) is 12.1. The molecule has 0 saturated carbocycles. The summed E-state index contributed by atoms with van der Waals surface area (Å²) >= 11 is 6.29. The van der Waals surface area contributed by atoms with Gasteiger partial charge in [0.1, 0.15) is 0 Å². The van der Waals surface area contributed by atoms with Crippen molar-refractivity contribution in [2.75, 3.05) is 7.05 Å². The number of nitrogens with zero attached hydrogens (tertiary/aromatic N) is 2. The molecular formula is C13H22ClN3O. The molecule has 3 atom stereocenters. The Kier molecular flexibility index (Phi) is 4.65. The van der Waals surface area contributed by atoms with Crippen LogP contribution >= 0.6 is 11.6 Å². The SMILES string of the molecule is CCCn1ncc(Cl)c1C(NC)C1CCC(C)O1. The fourth-order valence-corrected chi connectivity index (χ4v) is 2.91. The van der Waals surface area contributed by atoms with E-state index < -0.39 is 0 Å². The zero-order chi connectivity index (χ0) is 13.1. The van der Waals surface area contributed by atoms with Crippen LogP contribution in [0.3, 0.4) is 0 Å². The van der Waals surface area contributed by atoms with Crippen molar-refractivity contribution in [1.29, 1.82) is 0 Å². The van der Waals surface area contributed by atoms with Crippen LogP contribution in [-0.4, -0.2) is 29.0 Å². The number of nitrogens with one attached hydrogen (secondary N) is 1. The van der Waals surface area contributed by atoms with Gasteiger partial charge in [0.25, 0.3) is 0 Å². The highest BCUT2D eigenvalue weighted by atomic mass is 35.5. The van der Waals surface area contributed by atoms with Crippen molar-refractivity contribution >= 4 is 11.6 Å². The van der Waals surface area contributed by atoms with E-state index in [-0.39, 0.29) is 12.1 Å². The van der Waals surface area contributed by atoms with Gasteiger partial charge in [0.2, 0.25) is 0 Å². The summed E-state index contributed by atoms with van der Waals surface area (Å²) in [7, 11) is 1.95. The van der Waals surface area contributed by atoms with Crippen molar-refractivity contribution in [3.05, 3.63) is 16.9 Å². The Morgan fingerprint density at radius 3 is 2.94 bits per heavy atom. The van der Waals surface area contributed by atoms with Crippen molar-refractivity contribution in [1.82, 2.24) is 15.1 Å². The van der Waals surface area contributed by atoms with Crippen LogP contribution in [0.15, 0.2) is 6.20 Å². The van der Waals surface area contributed by atoms with Crippen LogP contribution in [0, 0.1) is 0 Å². The topological polar surface area (TPSA) is 39.1 Å². The number of aryl methyl sites for hydroxylation is 1. The molecule has 0 spiro atoms. The zero-order valence-electron chi connectivity index (χ0n) is 11.3. The molecule has 0 radical (unpaired) electrons. The molecule has 1 N–H and O–H groups in total. The van der Waals surface area contributed by atoms with Crippen LogP contribution < -0.4 is 5.32 Å². The van der Waals surface area contributed by atoms with Crippen LogP contribution in [0.25, 0.3) is 0 Å². The predicted octanol–water partition coefficient (Wildman–Crippen LogP) is 2.77. The van der Waals surface area contributed by atoms with Crippen molar-refractivity contribution < 1.29 is 4.74 Å². The predicted molar refractivity (Wildman–Crippen MR) is 72.9 cm³/mol. The van der Waals surface area contributed by atoms with E-state index in [0.717, 1.165) is 36.5 Å². The maximum Gasteiger partial charge on any atom is 0.0835 e. The van der Waals surface area contributed by atoms with Gasteiger partial charge in [-0.1, -0.05) is 18.5 Å². The van der Waals surface area contributed by atoms with Crippen molar-refractivity contribution in [3.8, 4) is 0 Å². The minimum atomic E-state index is 0.122. The molecule has 3 unspecified atom stereocenters. The summed E-state index contributed by atoms with van der Waals surface area (Å²) in [5.74, 6) is 0. The first-order chi connectivity index (χ1) is 8.67. The first-order valence-corrected chi connectivity index (χ1v) is 7.09. The van der Waals surface area contributed by atoms with E-state index in [1.165, 1.54) is 0 Å². The van der Waals surface area contributed by atoms with Crippen molar-refractivity contribution in [2.24, 2.45) is 0 Å². The van der Waals surface area contributed by atoms with Crippen LogP contribution in [0.5, 0.6) is 0 Å². The maximum absolute atomic E-state index is 6.29. The molecule has 1 aromatic rings. The van der Waals surface area contributed by atoms with Gasteiger partial charge in [-0.15, -0.1) is 0 Å². The van der Waals surface area contributed by atoms with Gasteiger partial charge in [0, 0.05) is 6.54 Å². The molecule has 18 heavy (non-hydrogen) atoms. The van der Waals surface area contributed by atoms with Gasteiger partial charge in [-0.2, -0.15) is 5.10 Å². The van der Waals surface area contributed by atoms with Crippen molar-refractivity contribution in [3.63, 3.8) is 0 Å². The molecule has 1 saturated heterocycles. The molecule has 0 aromatic carbocycles. The molecule has 1 aliphatic rings. The lowest BCUT2D eigenvalue weighted by molar-refractivity contribution is 0.0314. The van der Waals surface area contributed by atoms with E-state index in [1.54, 1.807) is 6.20 Å². The molecule has 102 valence electrons. The molecule has 2 heterocycles. The molecule has 4 nitrogen and oxygen atoms in total. The van der Waals surface area contributed by atoms with Gasteiger partial charge in [-0.3, -0.25) is 4.68 Å². The molecule has 0 bridgehead atoms. The molecular weight excluding hydrogens is 250 g/mol. The number of hydrogen-bond donors (Lipinski definition) is 1. The van der Waals surface area contributed by atoms with Crippen LogP contribution in [0.2, 0.25) is 5.02 Å². The second-order valence-corrected chi connectivity index (χ2v) is 5.34. The van der Waals surface area contributed by atoms with E-state index in [0.29, 0.717) is 6.10 Å². The molecule has 5 heteroatoms. The van der Waals surface area contributed by atoms with E-state index in [4.69, 9.17) is 16.3 Å². The minimum Gasteiger partial charge on any atom is -0.373 e. The van der Waals surface area contributed by atoms with Gasteiger partial charge in [0.15, 0.2) is 0 Å². The highest BCUT2D eigenvalue weighted by Gasteiger charge is 2.33. The van der Waals surface area contributed by atoms with E-state index in [9.17, 15) is 0 Å². The molecule has 0 aliphatic carbocycles. The summed E-state index contributed by atoms with van der Waals surface area (Å²) < 4.78 is 7.96. The molecule has 2 rings (SSSR count). The summed E-state index contributed by atoms with van der Waals surface area (Å²) in [6.45, 7) is 5.15. The van der Waals surface area contributed by atoms with Crippen molar-refractivity contribution in [2.45, 2.75) is 57.9 Å². The Hall–Kier alpha value is -0.580. The van der Waals surface area contributed by atoms with Gasteiger partial charge in [-0.05, 0) is 33.2 Å². The fourth-order valence-electron chi connectivity index (χ4n) is 2.65. The monoisotopic (exact) mass is 271 g/mol. The number of halogens is 1. The Bertz CT molecular complexity index is 394. The summed E-state index contributed by atoms with van der Waals surface area (Å²) in [5, 5.41) is 8.42. The van der Waals surface area contributed by atoms with Gasteiger partial charge in [0.05, 0.1) is 35.2 Å². The summed E-state index contributed by atoms with van der Waals surface area (Å²) in [6, 6.07) is 0.122. The Morgan fingerprint density at radius 2 is 2.39 bits per heavy atom. The van der Waals surface area contributed by atoms with Crippen LogP contribution in [0.4, 0.5) is 0 Å². The molecule has 1 aliphatic heterocycles.